The molecule has 0 amide bonds. The van der Waals surface area contributed by atoms with E-state index in [9.17, 15) is 8.78 Å². The van der Waals surface area contributed by atoms with Crippen LogP contribution in [0.1, 0.15) is 43.2 Å². The average molecular weight is 447 g/mol. The SMILES string of the molecule is CC(C)(c1ccc(N)cn1)c1nnn(Cc2ccc(-c3nnc(C(F)F)o3)cc2Cl)n1. The molecule has 12 heteroatoms. The zero-order valence-electron chi connectivity index (χ0n) is 16.5. The summed E-state index contributed by atoms with van der Waals surface area (Å²) in [6.07, 6.45) is -1.26. The topological polar surface area (TPSA) is 121 Å². The summed E-state index contributed by atoms with van der Waals surface area (Å²) < 4.78 is 30.2. The quantitative estimate of drug-likeness (QED) is 0.476. The lowest BCUT2D eigenvalue weighted by molar-refractivity contribution is 0.116. The van der Waals surface area contributed by atoms with Crippen LogP contribution < -0.4 is 5.73 Å². The number of pyridine rings is 1. The van der Waals surface area contributed by atoms with Crippen molar-refractivity contribution in [2.24, 2.45) is 0 Å². The van der Waals surface area contributed by atoms with Gasteiger partial charge in [0, 0.05) is 10.6 Å². The first-order valence-corrected chi connectivity index (χ1v) is 9.52. The monoisotopic (exact) mass is 446 g/mol. The van der Waals surface area contributed by atoms with Gasteiger partial charge in [-0.05, 0) is 48.9 Å². The molecule has 2 N–H and O–H groups in total. The number of nitrogens with zero attached hydrogens (tertiary/aromatic N) is 7. The Morgan fingerprint density at radius 3 is 2.61 bits per heavy atom. The van der Waals surface area contributed by atoms with Gasteiger partial charge in [0.1, 0.15) is 0 Å². The van der Waals surface area contributed by atoms with Crippen LogP contribution >= 0.6 is 11.6 Å². The van der Waals surface area contributed by atoms with Gasteiger partial charge in [-0.25, -0.2) is 0 Å². The van der Waals surface area contributed by atoms with Crippen molar-refractivity contribution in [2.75, 3.05) is 5.73 Å². The number of nitrogen functional groups attached to an aromatic ring is 1. The summed E-state index contributed by atoms with van der Waals surface area (Å²) in [4.78, 5) is 5.77. The van der Waals surface area contributed by atoms with E-state index < -0.39 is 17.7 Å². The molecule has 0 aliphatic heterocycles. The van der Waals surface area contributed by atoms with E-state index in [0.29, 0.717) is 27.7 Å². The Morgan fingerprint density at radius 1 is 1.16 bits per heavy atom. The van der Waals surface area contributed by atoms with Crippen LogP contribution in [-0.2, 0) is 12.0 Å². The first-order valence-electron chi connectivity index (χ1n) is 9.14. The molecule has 4 aromatic rings. The van der Waals surface area contributed by atoms with Crippen LogP contribution in [0.15, 0.2) is 40.9 Å². The first-order chi connectivity index (χ1) is 14.7. The van der Waals surface area contributed by atoms with Crippen molar-refractivity contribution in [3.63, 3.8) is 0 Å². The van der Waals surface area contributed by atoms with E-state index in [1.54, 1.807) is 30.5 Å². The smallest absolute Gasteiger partial charge is 0.314 e. The minimum absolute atomic E-state index is 0.0392. The second-order valence-electron chi connectivity index (χ2n) is 7.30. The van der Waals surface area contributed by atoms with Crippen molar-refractivity contribution >= 4 is 17.3 Å². The summed E-state index contributed by atoms with van der Waals surface area (Å²) in [6, 6.07) is 8.50. The number of rotatable bonds is 6. The molecule has 160 valence electrons. The predicted octanol–water partition coefficient (Wildman–Crippen LogP) is 3.67. The molecular formula is C19H17ClF2N8O. The highest BCUT2D eigenvalue weighted by atomic mass is 35.5. The van der Waals surface area contributed by atoms with E-state index >= 15 is 0 Å². The first kappa shape index (κ1) is 20.8. The van der Waals surface area contributed by atoms with E-state index in [2.05, 4.69) is 30.6 Å². The number of hydrogen-bond acceptors (Lipinski definition) is 8. The molecule has 0 atom stereocenters. The number of hydrogen-bond donors (Lipinski definition) is 1. The average Bonchev–Trinajstić information content (AvgIpc) is 3.40. The molecule has 1 aromatic carbocycles. The maximum absolute atomic E-state index is 12.6. The second-order valence-corrected chi connectivity index (χ2v) is 7.70. The van der Waals surface area contributed by atoms with E-state index in [0.717, 1.165) is 5.69 Å². The summed E-state index contributed by atoms with van der Waals surface area (Å²) in [5.74, 6) is -0.293. The molecule has 9 nitrogen and oxygen atoms in total. The van der Waals surface area contributed by atoms with Crippen LogP contribution in [0.3, 0.4) is 0 Å². The van der Waals surface area contributed by atoms with Gasteiger partial charge in [-0.15, -0.1) is 20.4 Å². The second kappa shape index (κ2) is 7.99. The van der Waals surface area contributed by atoms with Gasteiger partial charge in [-0.3, -0.25) is 4.98 Å². The Balaban J connectivity index is 1.53. The van der Waals surface area contributed by atoms with Crippen molar-refractivity contribution in [3.8, 4) is 11.5 Å². The Kier molecular flexibility index (Phi) is 5.36. The van der Waals surface area contributed by atoms with Crippen molar-refractivity contribution in [1.82, 2.24) is 35.4 Å². The van der Waals surface area contributed by atoms with E-state index in [-0.39, 0.29) is 12.4 Å². The Bertz CT molecular complexity index is 1210. The summed E-state index contributed by atoms with van der Waals surface area (Å²) in [7, 11) is 0. The third-order valence-corrected chi connectivity index (χ3v) is 5.03. The number of tetrazole rings is 1. The molecule has 0 saturated carbocycles. The van der Waals surface area contributed by atoms with Gasteiger partial charge >= 0.3 is 6.43 Å². The van der Waals surface area contributed by atoms with Crippen molar-refractivity contribution in [1.29, 1.82) is 0 Å². The fourth-order valence-corrected chi connectivity index (χ4v) is 3.09. The predicted molar refractivity (Wildman–Crippen MR) is 107 cm³/mol. The van der Waals surface area contributed by atoms with E-state index in [1.165, 1.54) is 4.80 Å². The standard InChI is InChI=1S/C19H17ClF2N8O/c1-19(2,14-6-5-12(23)8-24-14)18-27-29-30(28-18)9-11-4-3-10(7-13(11)20)16-25-26-17(31-16)15(21)22/h3-8,15H,9,23H2,1-2H3. The fraction of sp³-hybridized carbons (Fsp3) is 0.263. The number of halogens is 3. The highest BCUT2D eigenvalue weighted by molar-refractivity contribution is 6.31. The minimum Gasteiger partial charge on any atom is -0.415 e. The number of anilines is 1. The maximum atomic E-state index is 12.6. The zero-order valence-corrected chi connectivity index (χ0v) is 17.3. The van der Waals surface area contributed by atoms with Gasteiger partial charge in [0.2, 0.25) is 5.89 Å². The molecule has 4 rings (SSSR count). The van der Waals surface area contributed by atoms with Crippen LogP contribution in [0.2, 0.25) is 5.02 Å². The molecule has 0 fully saturated rings. The molecule has 0 saturated heterocycles. The van der Waals surface area contributed by atoms with Crippen molar-refractivity contribution in [3.05, 3.63) is 64.5 Å². The fourth-order valence-electron chi connectivity index (χ4n) is 2.85. The highest BCUT2D eigenvalue weighted by Gasteiger charge is 2.30. The Labute approximate surface area is 180 Å². The van der Waals surface area contributed by atoms with Gasteiger partial charge in [0.25, 0.3) is 5.89 Å². The van der Waals surface area contributed by atoms with E-state index in [1.807, 2.05) is 19.9 Å². The Hall–Kier alpha value is -3.47. The number of nitrogens with two attached hydrogens (primary N) is 1. The van der Waals surface area contributed by atoms with Crippen LogP contribution in [-0.4, -0.2) is 35.4 Å². The minimum atomic E-state index is -2.84. The third-order valence-electron chi connectivity index (χ3n) is 4.68. The van der Waals surface area contributed by atoms with Gasteiger partial charge in [-0.1, -0.05) is 17.7 Å². The lowest BCUT2D eigenvalue weighted by Gasteiger charge is -2.19. The lowest BCUT2D eigenvalue weighted by Crippen LogP contribution is -2.23. The van der Waals surface area contributed by atoms with Gasteiger partial charge in [0.15, 0.2) is 5.82 Å². The molecular weight excluding hydrogens is 430 g/mol. The normalized spacial score (nSPS) is 11.9. The molecule has 0 bridgehead atoms. The van der Waals surface area contributed by atoms with Crippen molar-refractivity contribution in [2.45, 2.75) is 32.2 Å². The summed E-state index contributed by atoms with van der Waals surface area (Å²) in [5, 5.41) is 20.0. The summed E-state index contributed by atoms with van der Waals surface area (Å²) >= 11 is 6.36. The molecule has 0 aliphatic rings. The van der Waals surface area contributed by atoms with Crippen molar-refractivity contribution < 1.29 is 13.2 Å². The van der Waals surface area contributed by atoms with Crippen LogP contribution in [0.4, 0.5) is 14.5 Å². The Morgan fingerprint density at radius 2 is 1.97 bits per heavy atom. The van der Waals surface area contributed by atoms with Gasteiger partial charge in [0.05, 0.1) is 29.5 Å². The number of alkyl halides is 2. The van der Waals surface area contributed by atoms with Crippen LogP contribution in [0.5, 0.6) is 0 Å². The molecule has 0 spiro atoms. The largest absolute Gasteiger partial charge is 0.415 e. The van der Waals surface area contributed by atoms with Crippen LogP contribution in [0, 0.1) is 0 Å². The third kappa shape index (κ3) is 4.22. The molecule has 0 radical (unpaired) electrons. The zero-order chi connectivity index (χ0) is 22.2. The summed E-state index contributed by atoms with van der Waals surface area (Å²) in [5.41, 5.74) is 7.57. The molecule has 3 aromatic heterocycles. The maximum Gasteiger partial charge on any atom is 0.314 e. The molecule has 31 heavy (non-hydrogen) atoms. The van der Waals surface area contributed by atoms with Crippen LogP contribution in [0.25, 0.3) is 11.5 Å². The van der Waals surface area contributed by atoms with E-state index in [4.69, 9.17) is 21.8 Å². The molecule has 0 unspecified atom stereocenters. The van der Waals surface area contributed by atoms with Gasteiger partial charge < -0.3 is 10.2 Å². The number of aromatic nitrogens is 7. The highest BCUT2D eigenvalue weighted by Crippen LogP contribution is 2.29. The molecule has 0 aliphatic carbocycles. The lowest BCUT2D eigenvalue weighted by atomic mass is 9.88. The summed E-state index contributed by atoms with van der Waals surface area (Å²) in [6.45, 7) is 4.13. The van der Waals surface area contributed by atoms with Gasteiger partial charge in [-0.2, -0.15) is 13.6 Å². The molecule has 3 heterocycles. The number of benzene rings is 1.